The van der Waals surface area contributed by atoms with Gasteiger partial charge in [-0.2, -0.15) is 0 Å². The van der Waals surface area contributed by atoms with Crippen LogP contribution in [0.1, 0.15) is 23.6 Å². The predicted octanol–water partition coefficient (Wildman–Crippen LogP) is 3.07. The molecule has 0 fully saturated rings. The summed E-state index contributed by atoms with van der Waals surface area (Å²) in [6, 6.07) is 12.8. The number of carbonyl (C=O) groups excluding carboxylic acids is 1. The third kappa shape index (κ3) is 2.97. The third-order valence-electron chi connectivity index (χ3n) is 4.72. The lowest BCUT2D eigenvalue weighted by Crippen LogP contribution is -2.25. The first kappa shape index (κ1) is 17.0. The highest BCUT2D eigenvalue weighted by Crippen LogP contribution is 2.40. The Morgan fingerprint density at radius 1 is 1.19 bits per heavy atom. The van der Waals surface area contributed by atoms with Crippen molar-refractivity contribution >= 4 is 11.7 Å². The van der Waals surface area contributed by atoms with E-state index in [4.69, 9.17) is 9.47 Å². The number of nitrogens with one attached hydrogen (secondary N) is 1. The van der Waals surface area contributed by atoms with Crippen LogP contribution < -0.4 is 14.8 Å². The van der Waals surface area contributed by atoms with Crippen LogP contribution in [0.3, 0.4) is 0 Å². The monoisotopic (exact) mass is 365 g/mol. The van der Waals surface area contributed by atoms with Gasteiger partial charge < -0.3 is 24.5 Å². The molecule has 0 saturated carbocycles. The highest BCUT2D eigenvalue weighted by molar-refractivity contribution is 5.94. The van der Waals surface area contributed by atoms with Gasteiger partial charge in [0.15, 0.2) is 17.3 Å². The van der Waals surface area contributed by atoms with Crippen molar-refractivity contribution in [3.05, 3.63) is 60.0 Å². The molecule has 1 amide bonds. The zero-order valence-corrected chi connectivity index (χ0v) is 15.0. The number of benzene rings is 2. The van der Waals surface area contributed by atoms with E-state index < -0.39 is 0 Å². The molecule has 2 N–H and O–H groups in total. The van der Waals surface area contributed by atoms with Gasteiger partial charge in [0.05, 0.1) is 25.6 Å². The fourth-order valence-corrected chi connectivity index (χ4v) is 3.41. The molecule has 1 aliphatic rings. The summed E-state index contributed by atoms with van der Waals surface area (Å²) in [6.07, 6.45) is 1.96. The number of phenolic OH excluding ortho intramolecular Hbond substituents is 1. The summed E-state index contributed by atoms with van der Waals surface area (Å²) >= 11 is 0. The number of hydrogen-bond acceptors (Lipinski definition) is 5. The molecule has 0 unspecified atom stereocenters. The second kappa shape index (κ2) is 6.68. The number of anilines is 1. The quantitative estimate of drug-likeness (QED) is 0.742. The Labute approximate surface area is 156 Å². The van der Waals surface area contributed by atoms with Crippen molar-refractivity contribution in [3.63, 3.8) is 0 Å². The van der Waals surface area contributed by atoms with Crippen LogP contribution >= 0.6 is 0 Å². The maximum atomic E-state index is 12.2. The van der Waals surface area contributed by atoms with E-state index >= 15 is 0 Å². The van der Waals surface area contributed by atoms with Crippen molar-refractivity contribution in [3.8, 4) is 22.9 Å². The lowest BCUT2D eigenvalue weighted by Gasteiger charge is -2.25. The molecule has 0 aliphatic carbocycles. The highest BCUT2D eigenvalue weighted by atomic mass is 16.5. The topological polar surface area (TPSA) is 85.6 Å². The van der Waals surface area contributed by atoms with E-state index in [1.54, 1.807) is 31.6 Å². The first-order valence-corrected chi connectivity index (χ1v) is 8.49. The van der Waals surface area contributed by atoms with Crippen molar-refractivity contribution in [1.29, 1.82) is 0 Å². The SMILES string of the molecule is COc1cccc(-n2cnc3c2[C@H](c2ccc(O)c(OC)c2)CC(=O)N3)c1. The molecule has 0 spiro atoms. The molecule has 7 heteroatoms. The van der Waals surface area contributed by atoms with Gasteiger partial charge in [-0.1, -0.05) is 12.1 Å². The summed E-state index contributed by atoms with van der Waals surface area (Å²) in [7, 11) is 3.12. The Hall–Kier alpha value is -3.48. The van der Waals surface area contributed by atoms with Gasteiger partial charge in [0, 0.05) is 18.4 Å². The Morgan fingerprint density at radius 3 is 2.81 bits per heavy atom. The number of phenols is 1. The first-order valence-electron chi connectivity index (χ1n) is 8.49. The van der Waals surface area contributed by atoms with E-state index in [-0.39, 0.29) is 24.0 Å². The van der Waals surface area contributed by atoms with Crippen molar-refractivity contribution in [2.75, 3.05) is 19.5 Å². The number of nitrogens with zero attached hydrogens (tertiary/aromatic N) is 2. The molecule has 0 radical (unpaired) electrons. The van der Waals surface area contributed by atoms with Crippen molar-refractivity contribution in [2.45, 2.75) is 12.3 Å². The second-order valence-electron chi connectivity index (χ2n) is 6.29. The van der Waals surface area contributed by atoms with Gasteiger partial charge in [0.25, 0.3) is 0 Å². The molecular formula is C20H19N3O4. The van der Waals surface area contributed by atoms with Crippen LogP contribution in [0, 0.1) is 0 Å². The van der Waals surface area contributed by atoms with Gasteiger partial charge in [-0.15, -0.1) is 0 Å². The Kier molecular flexibility index (Phi) is 4.19. The van der Waals surface area contributed by atoms with Crippen LogP contribution in [0.4, 0.5) is 5.82 Å². The molecule has 7 nitrogen and oxygen atoms in total. The normalized spacial score (nSPS) is 15.8. The van der Waals surface area contributed by atoms with Crippen LogP contribution in [0.25, 0.3) is 5.69 Å². The van der Waals surface area contributed by atoms with E-state index in [0.29, 0.717) is 11.6 Å². The summed E-state index contributed by atoms with van der Waals surface area (Å²) in [5.74, 6) is 1.37. The molecule has 1 aliphatic heterocycles. The average Bonchev–Trinajstić information content (AvgIpc) is 3.11. The highest BCUT2D eigenvalue weighted by Gasteiger charge is 2.31. The number of carbonyl (C=O) groups is 1. The van der Waals surface area contributed by atoms with Gasteiger partial charge in [-0.25, -0.2) is 4.98 Å². The van der Waals surface area contributed by atoms with Crippen LogP contribution in [0.15, 0.2) is 48.8 Å². The Bertz CT molecular complexity index is 1010. The summed E-state index contributed by atoms with van der Waals surface area (Å²) in [6.45, 7) is 0. The predicted molar refractivity (Wildman–Crippen MR) is 99.9 cm³/mol. The molecule has 3 aromatic rings. The van der Waals surface area contributed by atoms with Gasteiger partial charge in [-0.3, -0.25) is 4.79 Å². The second-order valence-corrected chi connectivity index (χ2v) is 6.29. The minimum atomic E-state index is -0.225. The molecule has 2 aromatic carbocycles. The number of aromatic nitrogens is 2. The molecule has 0 bridgehead atoms. The molecule has 2 heterocycles. The van der Waals surface area contributed by atoms with Gasteiger partial charge in [0.1, 0.15) is 12.1 Å². The number of amides is 1. The maximum absolute atomic E-state index is 12.2. The Balaban J connectivity index is 1.85. The van der Waals surface area contributed by atoms with Gasteiger partial charge >= 0.3 is 0 Å². The summed E-state index contributed by atoms with van der Waals surface area (Å²) in [5.41, 5.74) is 2.62. The number of methoxy groups -OCH3 is 2. The fraction of sp³-hybridized carbons (Fsp3) is 0.200. The van der Waals surface area contributed by atoms with E-state index in [1.807, 2.05) is 28.8 Å². The largest absolute Gasteiger partial charge is 0.504 e. The maximum Gasteiger partial charge on any atom is 0.226 e. The van der Waals surface area contributed by atoms with Crippen molar-refractivity contribution in [1.82, 2.24) is 9.55 Å². The lowest BCUT2D eigenvalue weighted by atomic mass is 9.89. The van der Waals surface area contributed by atoms with Crippen LogP contribution in [0.2, 0.25) is 0 Å². The molecule has 0 saturated heterocycles. The number of ether oxygens (including phenoxy) is 2. The molecule has 1 atom stereocenters. The van der Waals surface area contributed by atoms with Crippen LogP contribution in [-0.4, -0.2) is 34.8 Å². The standard InChI is InChI=1S/C20H19N3O4/c1-26-14-5-3-4-13(9-14)23-11-21-20-19(23)15(10-18(25)22-20)12-6-7-16(24)17(8-12)27-2/h3-9,11,15,24H,10H2,1-2H3,(H,22,25)/t15-/m0/s1. The van der Waals surface area contributed by atoms with E-state index in [1.165, 1.54) is 7.11 Å². The third-order valence-corrected chi connectivity index (χ3v) is 4.72. The number of imidazole rings is 1. The average molecular weight is 365 g/mol. The first-order chi connectivity index (χ1) is 13.1. The van der Waals surface area contributed by atoms with Crippen molar-refractivity contribution in [2.24, 2.45) is 0 Å². The number of hydrogen-bond donors (Lipinski definition) is 2. The fourth-order valence-electron chi connectivity index (χ4n) is 3.41. The number of rotatable bonds is 4. The minimum absolute atomic E-state index is 0.0584. The number of fused-ring (bicyclic) bond motifs is 1. The Morgan fingerprint density at radius 2 is 2.04 bits per heavy atom. The minimum Gasteiger partial charge on any atom is -0.504 e. The van der Waals surface area contributed by atoms with Crippen LogP contribution in [0.5, 0.6) is 17.2 Å². The zero-order chi connectivity index (χ0) is 19.0. The van der Waals surface area contributed by atoms with Crippen LogP contribution in [-0.2, 0) is 4.79 Å². The van der Waals surface area contributed by atoms with E-state index in [9.17, 15) is 9.90 Å². The molecule has 138 valence electrons. The summed E-state index contributed by atoms with van der Waals surface area (Å²) in [5, 5.41) is 12.7. The molecule has 1 aromatic heterocycles. The van der Waals surface area contributed by atoms with E-state index in [2.05, 4.69) is 10.3 Å². The van der Waals surface area contributed by atoms with E-state index in [0.717, 1.165) is 22.7 Å². The lowest BCUT2D eigenvalue weighted by molar-refractivity contribution is -0.116. The van der Waals surface area contributed by atoms with Crippen molar-refractivity contribution < 1.29 is 19.4 Å². The van der Waals surface area contributed by atoms with Gasteiger partial charge in [-0.05, 0) is 29.8 Å². The summed E-state index contributed by atoms with van der Waals surface area (Å²) in [4.78, 5) is 16.6. The summed E-state index contributed by atoms with van der Waals surface area (Å²) < 4.78 is 12.5. The number of aromatic hydroxyl groups is 1. The molecule has 27 heavy (non-hydrogen) atoms. The molecule has 4 rings (SSSR count). The smallest absolute Gasteiger partial charge is 0.226 e. The van der Waals surface area contributed by atoms with Gasteiger partial charge in [0.2, 0.25) is 5.91 Å². The zero-order valence-electron chi connectivity index (χ0n) is 15.0. The molecular weight excluding hydrogens is 346 g/mol.